The first-order chi connectivity index (χ1) is 1.73. The van der Waals surface area contributed by atoms with Gasteiger partial charge in [0.25, 0.3) is 0 Å². The van der Waals surface area contributed by atoms with Crippen LogP contribution in [0.5, 0.6) is 0 Å². The predicted octanol–water partition coefficient (Wildman–Crippen LogP) is -5.42. The van der Waals surface area contributed by atoms with E-state index in [9.17, 15) is 0 Å². The van der Waals surface area contributed by atoms with Crippen LogP contribution in [0.2, 0.25) is 0 Å². The minimum atomic E-state index is -3.29. The molecule has 0 atom stereocenters. The molecule has 0 aliphatic heterocycles. The molecule has 0 amide bonds. The summed E-state index contributed by atoms with van der Waals surface area (Å²) in [6, 6.07) is 0. The molecule has 0 saturated heterocycles. The monoisotopic (exact) mass is 299 g/mol. The van der Waals surface area contributed by atoms with Gasteiger partial charge in [0.2, 0.25) is 0 Å². The molecule has 0 rings (SSSR count). The molecular formula is H5CuNaO3Se2. The topological polar surface area (TPSA) is 57.5 Å². The molecule has 2 N–H and O–H groups in total. The fraction of sp³-hybridized carbons (Fsp3) is 0. The molecule has 1 radical (unpaired) electrons. The minimum absolute atomic E-state index is 0. The first-order valence-electron chi connectivity index (χ1n) is 0.532. The van der Waals surface area contributed by atoms with E-state index in [1.54, 1.807) is 0 Å². The SMILES string of the molecule is O=[Se](O)O.[Cu].[H-].[Na+].[SeH2]. The van der Waals surface area contributed by atoms with E-state index in [0.29, 0.717) is 0 Å². The van der Waals surface area contributed by atoms with E-state index in [2.05, 4.69) is 0 Å². The third-order valence-corrected chi connectivity index (χ3v) is 0. The summed E-state index contributed by atoms with van der Waals surface area (Å²) >= 11 is -3.29. The van der Waals surface area contributed by atoms with Crippen LogP contribution in [0, 0.1) is 0 Å². The maximum atomic E-state index is 8.76. The van der Waals surface area contributed by atoms with Gasteiger partial charge in [-0.15, -0.1) is 0 Å². The zero-order chi connectivity index (χ0) is 3.58. The van der Waals surface area contributed by atoms with E-state index < -0.39 is 14.5 Å². The molecule has 0 bridgehead atoms. The summed E-state index contributed by atoms with van der Waals surface area (Å²) in [5.74, 6) is 0. The quantitative estimate of drug-likeness (QED) is 0.439. The maximum absolute atomic E-state index is 8.76. The van der Waals surface area contributed by atoms with Crippen LogP contribution in [-0.2, 0) is 20.9 Å². The second-order valence-corrected chi connectivity index (χ2v) is 1.20. The van der Waals surface area contributed by atoms with Gasteiger partial charge in [0, 0.05) is 17.1 Å². The van der Waals surface area contributed by atoms with E-state index >= 15 is 0 Å². The van der Waals surface area contributed by atoms with Crippen LogP contribution < -0.4 is 29.6 Å². The van der Waals surface area contributed by atoms with Crippen molar-refractivity contribution in [1.82, 2.24) is 0 Å². The second kappa shape index (κ2) is 15.7. The third-order valence-electron chi connectivity index (χ3n) is 0. The van der Waals surface area contributed by atoms with Crippen molar-refractivity contribution >= 4 is 31.6 Å². The molecule has 0 aromatic rings. The molecular weight excluding hydrogens is 292 g/mol. The summed E-state index contributed by atoms with van der Waals surface area (Å²) in [6.07, 6.45) is 0. The van der Waals surface area contributed by atoms with Crippen LogP contribution in [0.15, 0.2) is 0 Å². The van der Waals surface area contributed by atoms with Crippen LogP contribution in [0.1, 0.15) is 1.43 Å². The van der Waals surface area contributed by atoms with E-state index in [1.165, 1.54) is 0 Å². The fourth-order valence-electron chi connectivity index (χ4n) is 0. The van der Waals surface area contributed by atoms with Crippen LogP contribution in [-0.4, -0.2) is 39.9 Å². The molecule has 7 heavy (non-hydrogen) atoms. The van der Waals surface area contributed by atoms with Gasteiger partial charge in [-0.2, -0.15) is 0 Å². The molecule has 0 aromatic heterocycles. The van der Waals surface area contributed by atoms with Crippen LogP contribution in [0.4, 0.5) is 0 Å². The Morgan fingerprint density at radius 2 is 1.43 bits per heavy atom. The molecule has 0 aliphatic rings. The summed E-state index contributed by atoms with van der Waals surface area (Å²) in [4.78, 5) is 0. The summed E-state index contributed by atoms with van der Waals surface area (Å²) in [5.41, 5.74) is 0. The van der Waals surface area contributed by atoms with Crippen LogP contribution >= 0.6 is 0 Å². The first kappa shape index (κ1) is 22.8. The van der Waals surface area contributed by atoms with Crippen molar-refractivity contribution in [2.75, 3.05) is 0 Å². The predicted molar refractivity (Wildman–Crippen MR) is 20.5 cm³/mol. The normalized spacial score (nSPS) is 5.00. The molecule has 3 nitrogen and oxygen atoms in total. The number of hydrogen-bond acceptors (Lipinski definition) is 1. The summed E-state index contributed by atoms with van der Waals surface area (Å²) < 4.78 is 23.1. The Hall–Kier alpha value is 2.28. The summed E-state index contributed by atoms with van der Waals surface area (Å²) in [6.45, 7) is 0. The molecule has 0 aliphatic carbocycles. The molecule has 0 unspecified atom stereocenters. The molecule has 0 fully saturated rings. The van der Waals surface area contributed by atoms with Gasteiger partial charge in [0.15, 0.2) is 0 Å². The fourth-order valence-corrected chi connectivity index (χ4v) is 0. The van der Waals surface area contributed by atoms with Crippen molar-refractivity contribution < 1.29 is 60.3 Å². The molecule has 47 valence electrons. The Labute approximate surface area is 90.7 Å². The van der Waals surface area contributed by atoms with Crippen molar-refractivity contribution in [2.45, 2.75) is 0 Å². The molecule has 0 saturated carbocycles. The van der Waals surface area contributed by atoms with Gasteiger partial charge < -0.3 is 1.43 Å². The number of hydrogen-bond donors (Lipinski definition) is 2. The average molecular weight is 297 g/mol. The zero-order valence-corrected chi connectivity index (χ0v) is 10.3. The van der Waals surface area contributed by atoms with Crippen LogP contribution in [0.3, 0.4) is 0 Å². The van der Waals surface area contributed by atoms with Gasteiger partial charge in [-0.1, -0.05) is 0 Å². The summed E-state index contributed by atoms with van der Waals surface area (Å²) in [7, 11) is 0. The van der Waals surface area contributed by atoms with Crippen molar-refractivity contribution in [1.29, 1.82) is 0 Å². The van der Waals surface area contributed by atoms with Gasteiger partial charge in [0.05, 0.1) is 0 Å². The van der Waals surface area contributed by atoms with Crippen molar-refractivity contribution in [3.63, 3.8) is 0 Å². The summed E-state index contributed by atoms with van der Waals surface area (Å²) in [5, 5.41) is 0. The Morgan fingerprint density at radius 1 is 1.43 bits per heavy atom. The molecule has 0 spiro atoms. The third kappa shape index (κ3) is 62.9. The van der Waals surface area contributed by atoms with Crippen LogP contribution in [0.25, 0.3) is 0 Å². The van der Waals surface area contributed by atoms with Gasteiger partial charge in [-0.3, -0.25) is 0 Å². The molecule has 0 aromatic carbocycles. The van der Waals surface area contributed by atoms with E-state index in [1.807, 2.05) is 0 Å². The zero-order valence-electron chi connectivity index (χ0n) is 4.51. The Kier molecular flexibility index (Phi) is 51.3. The Morgan fingerprint density at radius 3 is 1.43 bits per heavy atom. The molecule has 0 heterocycles. The van der Waals surface area contributed by atoms with E-state index in [0.717, 1.165) is 0 Å². The number of rotatable bonds is 0. The molecule has 7 heteroatoms. The van der Waals surface area contributed by atoms with E-state index in [-0.39, 0.29) is 65.1 Å². The standard InChI is InChI=1S/Cu.Na.H2O3Se.H2Se.H/c;;1-4(2)3;;/h;;(H2,1,2,3);1H2;/q;+1;;;-1. The van der Waals surface area contributed by atoms with E-state index in [4.69, 9.17) is 12.2 Å². The van der Waals surface area contributed by atoms with Crippen molar-refractivity contribution in [3.05, 3.63) is 0 Å². The van der Waals surface area contributed by atoms with Gasteiger partial charge in [-0.25, -0.2) is 0 Å². The second-order valence-electron chi connectivity index (χ2n) is 0.231. The average Bonchev–Trinajstić information content (AvgIpc) is 0.811. The van der Waals surface area contributed by atoms with Gasteiger partial charge in [-0.05, 0) is 0 Å². The van der Waals surface area contributed by atoms with Gasteiger partial charge in [0.1, 0.15) is 0 Å². The van der Waals surface area contributed by atoms with Crippen molar-refractivity contribution in [3.8, 4) is 0 Å². The Balaban J connectivity index is -0.00000000750. The van der Waals surface area contributed by atoms with Crippen molar-refractivity contribution in [2.24, 2.45) is 0 Å². The Bertz CT molecular complexity index is 40.3. The van der Waals surface area contributed by atoms with Gasteiger partial charge >= 0.3 is 73.3 Å². The first-order valence-corrected chi connectivity index (χ1v) is 2.76.